The minimum atomic E-state index is -3.46. The lowest BCUT2D eigenvalue weighted by Gasteiger charge is -2.33. The van der Waals surface area contributed by atoms with E-state index in [1.807, 2.05) is 30.3 Å². The van der Waals surface area contributed by atoms with E-state index in [1.165, 1.54) is 7.05 Å². The van der Waals surface area contributed by atoms with Crippen molar-refractivity contribution in [3.63, 3.8) is 0 Å². The van der Waals surface area contributed by atoms with Crippen LogP contribution in [0.15, 0.2) is 54.7 Å². The largest absolute Gasteiger partial charge is 0.335 e. The summed E-state index contributed by atoms with van der Waals surface area (Å²) in [4.78, 5) is 13.2. The maximum atomic E-state index is 13.6. The maximum Gasteiger partial charge on any atom is 0.322 e. The van der Waals surface area contributed by atoms with Gasteiger partial charge in [-0.05, 0) is 30.7 Å². The Kier molecular flexibility index (Phi) is 5.14. The monoisotopic (exact) mass is 382 g/mol. The lowest BCUT2D eigenvalue weighted by molar-refractivity contribution is -0.156. The van der Waals surface area contributed by atoms with Crippen LogP contribution in [0.1, 0.15) is 31.0 Å². The van der Waals surface area contributed by atoms with Crippen LogP contribution < -0.4 is 0 Å². The number of likely N-dealkylation sites (N-methyl/N-ethyl adjacent to an activating group) is 1. The molecule has 2 aromatic carbocycles. The van der Waals surface area contributed by atoms with Crippen LogP contribution in [0, 0.1) is 11.3 Å². The van der Waals surface area contributed by atoms with E-state index >= 15 is 0 Å². The first-order valence-corrected chi connectivity index (χ1v) is 8.81. The van der Waals surface area contributed by atoms with E-state index in [1.54, 1.807) is 36.0 Å². The first-order chi connectivity index (χ1) is 13.2. The standard InChI is InChI=1S/C21H20F2N4O/c1-14(26(3)20(28)21(2,22)23)19(16-7-5-4-6-8-16)27-13-17-11-15(12-24)9-10-18(17)25-27/h4-11,13-14,19H,1-3H3/t14-,19-/m0/s1. The van der Waals surface area contributed by atoms with Crippen LogP contribution >= 0.6 is 0 Å². The number of carbonyl (C=O) groups excluding carboxylic acids is 1. The average molecular weight is 382 g/mol. The smallest absolute Gasteiger partial charge is 0.322 e. The van der Waals surface area contributed by atoms with Gasteiger partial charge in [-0.1, -0.05) is 30.3 Å². The molecule has 0 spiro atoms. The fourth-order valence-electron chi connectivity index (χ4n) is 3.27. The highest BCUT2D eigenvalue weighted by molar-refractivity contribution is 5.83. The van der Waals surface area contributed by atoms with Crippen molar-refractivity contribution >= 4 is 16.8 Å². The summed E-state index contributed by atoms with van der Waals surface area (Å²) < 4.78 is 28.9. The van der Waals surface area contributed by atoms with E-state index < -0.39 is 23.9 Å². The second-order valence-corrected chi connectivity index (χ2v) is 6.90. The molecule has 2 atom stereocenters. The van der Waals surface area contributed by atoms with Gasteiger partial charge in [-0.3, -0.25) is 9.48 Å². The second-order valence-electron chi connectivity index (χ2n) is 6.90. The van der Waals surface area contributed by atoms with Crippen LogP contribution in [-0.2, 0) is 4.79 Å². The van der Waals surface area contributed by atoms with Crippen molar-refractivity contribution in [2.45, 2.75) is 31.9 Å². The Balaban J connectivity index is 2.08. The third kappa shape index (κ3) is 3.72. The molecule has 0 aliphatic rings. The van der Waals surface area contributed by atoms with Gasteiger partial charge < -0.3 is 4.90 Å². The highest BCUT2D eigenvalue weighted by Gasteiger charge is 2.39. The van der Waals surface area contributed by atoms with Gasteiger partial charge in [0.1, 0.15) is 0 Å². The SMILES string of the molecule is C[C@@H]([C@@H](c1ccccc1)n1cc2cc(C#N)ccc2n1)N(C)C(=O)C(C)(F)F. The molecule has 1 aromatic heterocycles. The van der Waals surface area contributed by atoms with Crippen molar-refractivity contribution in [2.24, 2.45) is 0 Å². The molecule has 0 saturated carbocycles. The first-order valence-electron chi connectivity index (χ1n) is 8.81. The molecule has 0 bridgehead atoms. The molecule has 1 amide bonds. The van der Waals surface area contributed by atoms with E-state index in [9.17, 15) is 13.6 Å². The summed E-state index contributed by atoms with van der Waals surface area (Å²) in [6, 6.07) is 15.5. The van der Waals surface area contributed by atoms with Crippen molar-refractivity contribution in [1.82, 2.24) is 14.7 Å². The van der Waals surface area contributed by atoms with Gasteiger partial charge >= 0.3 is 5.92 Å². The molecule has 3 rings (SSSR count). The number of benzene rings is 2. The van der Waals surface area contributed by atoms with E-state index in [-0.39, 0.29) is 0 Å². The van der Waals surface area contributed by atoms with Crippen LogP contribution in [0.25, 0.3) is 10.9 Å². The Morgan fingerprint density at radius 3 is 2.54 bits per heavy atom. The summed E-state index contributed by atoms with van der Waals surface area (Å²) in [6.45, 7) is 2.32. The average Bonchev–Trinajstić information content (AvgIpc) is 3.09. The van der Waals surface area contributed by atoms with Crippen LogP contribution in [-0.4, -0.2) is 39.6 Å². The molecule has 0 unspecified atom stereocenters. The number of rotatable bonds is 5. The number of amides is 1. The number of nitriles is 1. The van der Waals surface area contributed by atoms with E-state index in [0.29, 0.717) is 18.0 Å². The zero-order valence-electron chi connectivity index (χ0n) is 15.8. The predicted molar refractivity (Wildman–Crippen MR) is 102 cm³/mol. The molecule has 28 heavy (non-hydrogen) atoms. The topological polar surface area (TPSA) is 61.9 Å². The van der Waals surface area contributed by atoms with Crippen LogP contribution in [0.3, 0.4) is 0 Å². The number of carbonyl (C=O) groups is 1. The Bertz CT molecular complexity index is 1030. The van der Waals surface area contributed by atoms with Gasteiger partial charge in [0.15, 0.2) is 0 Å². The van der Waals surface area contributed by atoms with Crippen molar-refractivity contribution in [3.8, 4) is 6.07 Å². The molecule has 0 aliphatic heterocycles. The molecule has 144 valence electrons. The number of hydrogen-bond acceptors (Lipinski definition) is 3. The lowest BCUT2D eigenvalue weighted by Crippen LogP contribution is -2.47. The van der Waals surface area contributed by atoms with Gasteiger partial charge in [0.25, 0.3) is 5.91 Å². The van der Waals surface area contributed by atoms with Gasteiger partial charge in [-0.2, -0.15) is 19.1 Å². The van der Waals surface area contributed by atoms with Gasteiger partial charge in [-0.25, -0.2) is 0 Å². The molecule has 3 aromatic rings. The number of halogens is 2. The maximum absolute atomic E-state index is 13.6. The minimum Gasteiger partial charge on any atom is -0.335 e. The van der Waals surface area contributed by atoms with Crippen LogP contribution in [0.4, 0.5) is 8.78 Å². The van der Waals surface area contributed by atoms with Crippen LogP contribution in [0.2, 0.25) is 0 Å². The summed E-state index contributed by atoms with van der Waals surface area (Å²) in [7, 11) is 1.37. The minimum absolute atomic E-state index is 0.476. The van der Waals surface area contributed by atoms with Gasteiger partial charge in [-0.15, -0.1) is 0 Å². The number of aromatic nitrogens is 2. The predicted octanol–water partition coefficient (Wildman–Crippen LogP) is 4.00. The Labute approximate surface area is 161 Å². The van der Waals surface area contributed by atoms with Crippen molar-refractivity contribution < 1.29 is 13.6 Å². The zero-order chi connectivity index (χ0) is 20.5. The third-order valence-corrected chi connectivity index (χ3v) is 4.84. The number of hydrogen-bond donors (Lipinski definition) is 0. The Morgan fingerprint density at radius 1 is 1.25 bits per heavy atom. The Hall–Kier alpha value is -3.27. The number of fused-ring (bicyclic) bond motifs is 1. The molecule has 0 fully saturated rings. The van der Waals surface area contributed by atoms with Gasteiger partial charge in [0, 0.05) is 25.6 Å². The van der Waals surface area contributed by atoms with Crippen molar-refractivity contribution in [3.05, 3.63) is 65.9 Å². The molecule has 1 heterocycles. The normalized spacial score (nSPS) is 13.7. The fraction of sp³-hybridized carbons (Fsp3) is 0.286. The third-order valence-electron chi connectivity index (χ3n) is 4.84. The lowest BCUT2D eigenvalue weighted by atomic mass is 9.99. The molecular formula is C21H20F2N4O. The molecule has 0 aliphatic carbocycles. The highest BCUT2D eigenvalue weighted by atomic mass is 19.3. The van der Waals surface area contributed by atoms with E-state index in [2.05, 4.69) is 11.2 Å². The van der Waals surface area contributed by atoms with Crippen molar-refractivity contribution in [2.75, 3.05) is 7.05 Å². The van der Waals surface area contributed by atoms with E-state index in [0.717, 1.165) is 15.8 Å². The van der Waals surface area contributed by atoms with Crippen molar-refractivity contribution in [1.29, 1.82) is 5.26 Å². The second kappa shape index (κ2) is 7.39. The summed E-state index contributed by atoms with van der Waals surface area (Å²) in [5.74, 6) is -4.70. The molecule has 0 radical (unpaired) electrons. The number of alkyl halides is 2. The summed E-state index contributed by atoms with van der Waals surface area (Å²) in [5.41, 5.74) is 2.03. The molecule has 5 nitrogen and oxygen atoms in total. The number of nitrogens with zero attached hydrogens (tertiary/aromatic N) is 4. The molecular weight excluding hydrogens is 362 g/mol. The quantitative estimate of drug-likeness (QED) is 0.670. The first kappa shape index (κ1) is 19.5. The Morgan fingerprint density at radius 2 is 1.93 bits per heavy atom. The van der Waals surface area contributed by atoms with Gasteiger partial charge in [0.2, 0.25) is 0 Å². The molecule has 0 saturated heterocycles. The van der Waals surface area contributed by atoms with E-state index in [4.69, 9.17) is 5.26 Å². The van der Waals surface area contributed by atoms with Crippen LogP contribution in [0.5, 0.6) is 0 Å². The summed E-state index contributed by atoms with van der Waals surface area (Å²) in [5, 5.41) is 14.4. The fourth-order valence-corrected chi connectivity index (χ4v) is 3.27. The van der Waals surface area contributed by atoms with Gasteiger partial charge in [0.05, 0.1) is 29.2 Å². The molecule has 0 N–H and O–H groups in total. The summed E-state index contributed by atoms with van der Waals surface area (Å²) >= 11 is 0. The highest BCUT2D eigenvalue weighted by Crippen LogP contribution is 2.29. The molecule has 7 heteroatoms. The summed E-state index contributed by atoms with van der Waals surface area (Å²) in [6.07, 6.45) is 1.77. The zero-order valence-corrected chi connectivity index (χ0v) is 15.8.